The van der Waals surface area contributed by atoms with Gasteiger partial charge in [-0.2, -0.15) is 0 Å². The van der Waals surface area contributed by atoms with E-state index in [-0.39, 0.29) is 17.2 Å². The van der Waals surface area contributed by atoms with Crippen molar-refractivity contribution in [1.29, 1.82) is 0 Å². The number of benzene rings is 1. The van der Waals surface area contributed by atoms with Crippen LogP contribution in [0.2, 0.25) is 0 Å². The van der Waals surface area contributed by atoms with Gasteiger partial charge in [0.2, 0.25) is 0 Å². The van der Waals surface area contributed by atoms with Gasteiger partial charge in [0.1, 0.15) is 0 Å². The predicted molar refractivity (Wildman–Crippen MR) is 82.8 cm³/mol. The molecule has 2 rings (SSSR count). The molecule has 0 aliphatic carbocycles. The van der Waals surface area contributed by atoms with Crippen LogP contribution in [0.4, 0.5) is 0 Å². The van der Waals surface area contributed by atoms with Crippen molar-refractivity contribution < 1.29 is 8.42 Å². The van der Waals surface area contributed by atoms with Gasteiger partial charge in [0, 0.05) is 6.04 Å². The zero-order chi connectivity index (χ0) is 15.0. The van der Waals surface area contributed by atoms with Crippen molar-refractivity contribution in [2.75, 3.05) is 12.3 Å². The van der Waals surface area contributed by atoms with Gasteiger partial charge in [-0.3, -0.25) is 0 Å². The molecule has 1 aliphatic rings. The summed E-state index contributed by atoms with van der Waals surface area (Å²) in [6.45, 7) is 9.50. The summed E-state index contributed by atoms with van der Waals surface area (Å²) in [5.41, 5.74) is 2.18. The first-order chi connectivity index (χ1) is 9.25. The summed E-state index contributed by atoms with van der Waals surface area (Å²) < 4.78 is 24.5. The third-order valence-electron chi connectivity index (χ3n) is 3.90. The second kappa shape index (κ2) is 5.49. The summed E-state index contributed by atoms with van der Waals surface area (Å²) in [5, 5.41) is 3.48. The minimum atomic E-state index is -3.10. The fourth-order valence-corrected chi connectivity index (χ4v) is 4.24. The lowest BCUT2D eigenvalue weighted by Crippen LogP contribution is -2.30. The smallest absolute Gasteiger partial charge is 0.178 e. The minimum absolute atomic E-state index is 0.0333. The Labute approximate surface area is 122 Å². The zero-order valence-electron chi connectivity index (χ0n) is 12.9. The first-order valence-corrected chi connectivity index (χ1v) is 9.01. The van der Waals surface area contributed by atoms with Crippen molar-refractivity contribution in [1.82, 2.24) is 5.32 Å². The summed E-state index contributed by atoms with van der Waals surface area (Å²) in [4.78, 5) is 0.519. The van der Waals surface area contributed by atoms with Crippen LogP contribution >= 0.6 is 0 Å². The van der Waals surface area contributed by atoms with Crippen LogP contribution in [0.1, 0.15) is 57.7 Å². The van der Waals surface area contributed by atoms with Crippen LogP contribution in [0.5, 0.6) is 0 Å². The van der Waals surface area contributed by atoms with Crippen LogP contribution in [0, 0.1) is 0 Å². The van der Waals surface area contributed by atoms with Gasteiger partial charge < -0.3 is 5.32 Å². The lowest BCUT2D eigenvalue weighted by atomic mass is 9.85. The van der Waals surface area contributed by atoms with Gasteiger partial charge in [0.15, 0.2) is 9.84 Å². The highest BCUT2D eigenvalue weighted by molar-refractivity contribution is 7.91. The number of hydrogen-bond donors (Lipinski definition) is 1. The average molecular weight is 295 g/mol. The molecule has 1 N–H and O–H groups in total. The van der Waals surface area contributed by atoms with Crippen molar-refractivity contribution >= 4 is 9.84 Å². The second-order valence-electron chi connectivity index (χ2n) is 6.62. The first kappa shape index (κ1) is 15.5. The highest BCUT2D eigenvalue weighted by atomic mass is 32.2. The highest BCUT2D eigenvalue weighted by Gasteiger charge is 2.31. The molecule has 1 aromatic carbocycles. The van der Waals surface area contributed by atoms with Gasteiger partial charge in [-0.25, -0.2) is 8.42 Å². The molecule has 20 heavy (non-hydrogen) atoms. The van der Waals surface area contributed by atoms with Crippen molar-refractivity contribution in [3.8, 4) is 0 Å². The molecule has 1 aromatic rings. The molecule has 0 fully saturated rings. The maximum absolute atomic E-state index is 12.2. The molecule has 1 heterocycles. The van der Waals surface area contributed by atoms with Crippen molar-refractivity contribution in [3.63, 3.8) is 0 Å². The van der Waals surface area contributed by atoms with Crippen molar-refractivity contribution in [2.45, 2.75) is 56.9 Å². The van der Waals surface area contributed by atoms with Crippen molar-refractivity contribution in [3.05, 3.63) is 29.3 Å². The Kier molecular flexibility index (Phi) is 4.26. The van der Waals surface area contributed by atoms with E-state index in [4.69, 9.17) is 0 Å². The molecule has 112 valence electrons. The van der Waals surface area contributed by atoms with Gasteiger partial charge >= 0.3 is 0 Å². The van der Waals surface area contributed by atoms with Gasteiger partial charge in [0.25, 0.3) is 0 Å². The van der Waals surface area contributed by atoms with E-state index in [0.29, 0.717) is 11.3 Å². The molecule has 0 bridgehead atoms. The maximum atomic E-state index is 12.2. The molecule has 0 radical (unpaired) electrons. The fraction of sp³-hybridized carbons (Fsp3) is 0.625. The van der Waals surface area contributed by atoms with Crippen LogP contribution in [-0.2, 0) is 15.3 Å². The van der Waals surface area contributed by atoms with Crippen LogP contribution in [-0.4, -0.2) is 20.7 Å². The number of nitrogens with one attached hydrogen (secondary N) is 1. The normalized spacial score (nSPS) is 21.5. The molecule has 0 saturated carbocycles. The van der Waals surface area contributed by atoms with E-state index in [0.717, 1.165) is 18.5 Å². The van der Waals surface area contributed by atoms with Gasteiger partial charge in [-0.15, -0.1) is 0 Å². The molecule has 1 atom stereocenters. The third-order valence-corrected chi connectivity index (χ3v) is 5.72. The Bertz CT molecular complexity index is 585. The van der Waals surface area contributed by atoms with E-state index in [1.807, 2.05) is 6.07 Å². The highest BCUT2D eigenvalue weighted by Crippen LogP contribution is 2.35. The Morgan fingerprint density at radius 2 is 2.00 bits per heavy atom. The molecule has 0 amide bonds. The zero-order valence-corrected chi connectivity index (χ0v) is 13.7. The predicted octanol–water partition coefficient (Wildman–Crippen LogP) is 3.20. The standard InChI is InChI=1S/C16H25NO2S/c1-5-9-17-14-8-10-20(18,19)15-7-6-12(11-13(14)15)16(2,3)4/h6-7,11,14,17H,5,8-10H2,1-4H3. The first-order valence-electron chi connectivity index (χ1n) is 7.36. The Morgan fingerprint density at radius 1 is 1.30 bits per heavy atom. The Hall–Kier alpha value is -0.870. The lowest BCUT2D eigenvalue weighted by molar-refractivity contribution is 0.489. The van der Waals surface area contributed by atoms with Gasteiger partial charge in [-0.05, 0) is 42.0 Å². The van der Waals surface area contributed by atoms with Crippen molar-refractivity contribution in [2.24, 2.45) is 0 Å². The minimum Gasteiger partial charge on any atom is -0.310 e. The van der Waals surface area contributed by atoms with Crippen LogP contribution in [0.3, 0.4) is 0 Å². The lowest BCUT2D eigenvalue weighted by Gasteiger charge is -2.29. The van der Waals surface area contributed by atoms with Gasteiger partial charge in [-0.1, -0.05) is 39.8 Å². The number of hydrogen-bond acceptors (Lipinski definition) is 3. The third kappa shape index (κ3) is 3.07. The van der Waals surface area contributed by atoms with E-state index < -0.39 is 9.84 Å². The van der Waals surface area contributed by atoms with Crippen LogP contribution < -0.4 is 5.32 Å². The molecular formula is C16H25NO2S. The van der Waals surface area contributed by atoms with Gasteiger partial charge in [0.05, 0.1) is 10.6 Å². The number of sulfone groups is 1. The SMILES string of the molecule is CCCNC1CCS(=O)(=O)c2ccc(C(C)(C)C)cc21. The Balaban J connectivity index is 2.49. The molecule has 0 spiro atoms. The molecule has 0 saturated heterocycles. The molecule has 4 heteroatoms. The van der Waals surface area contributed by atoms with Crippen LogP contribution in [0.25, 0.3) is 0 Å². The molecule has 1 unspecified atom stereocenters. The van der Waals surface area contributed by atoms with E-state index >= 15 is 0 Å². The fourth-order valence-electron chi connectivity index (χ4n) is 2.64. The topological polar surface area (TPSA) is 46.2 Å². The van der Waals surface area contributed by atoms with Crippen LogP contribution in [0.15, 0.2) is 23.1 Å². The molecule has 3 nitrogen and oxygen atoms in total. The monoisotopic (exact) mass is 295 g/mol. The summed E-state index contributed by atoms with van der Waals surface area (Å²) in [5.74, 6) is 0.246. The van der Waals surface area contributed by atoms with E-state index in [2.05, 4.69) is 39.1 Å². The summed E-state index contributed by atoms with van der Waals surface area (Å²) in [7, 11) is -3.10. The van der Waals surface area contributed by atoms with E-state index in [1.54, 1.807) is 6.07 Å². The molecule has 0 aromatic heterocycles. The van der Waals surface area contributed by atoms with E-state index in [1.165, 1.54) is 5.56 Å². The Morgan fingerprint density at radius 3 is 2.60 bits per heavy atom. The number of fused-ring (bicyclic) bond motifs is 1. The number of rotatable bonds is 3. The summed E-state index contributed by atoms with van der Waals surface area (Å²) in [6.07, 6.45) is 1.72. The quantitative estimate of drug-likeness (QED) is 0.931. The average Bonchev–Trinajstić information content (AvgIpc) is 2.36. The largest absolute Gasteiger partial charge is 0.310 e. The summed E-state index contributed by atoms with van der Waals surface area (Å²) in [6, 6.07) is 6.00. The second-order valence-corrected chi connectivity index (χ2v) is 8.69. The molecule has 1 aliphatic heterocycles. The maximum Gasteiger partial charge on any atom is 0.178 e. The summed E-state index contributed by atoms with van der Waals surface area (Å²) >= 11 is 0. The van der Waals surface area contributed by atoms with E-state index in [9.17, 15) is 8.42 Å². The molecular weight excluding hydrogens is 270 g/mol.